The number of nitrogens with one attached hydrogen (secondary N) is 3. The Morgan fingerprint density at radius 3 is 2.76 bits per heavy atom. The molecule has 1 amide bonds. The number of fused-ring (bicyclic) bond motifs is 2. The largest absolute Gasteiger partial charge is 0.338 e. The summed E-state index contributed by atoms with van der Waals surface area (Å²) in [5.74, 6) is 0.560. The van der Waals surface area contributed by atoms with Crippen molar-refractivity contribution in [1.29, 1.82) is 0 Å². The second-order valence-electron chi connectivity index (χ2n) is 10.9. The van der Waals surface area contributed by atoms with Crippen molar-refractivity contribution in [2.75, 3.05) is 5.32 Å². The molecule has 1 aliphatic carbocycles. The van der Waals surface area contributed by atoms with Crippen molar-refractivity contribution in [2.24, 2.45) is 5.92 Å². The topological polar surface area (TPSA) is 129 Å². The summed E-state index contributed by atoms with van der Waals surface area (Å²) in [4.78, 5) is 43.5. The second kappa shape index (κ2) is 10.9. The molecule has 0 bridgehead atoms. The van der Waals surface area contributed by atoms with E-state index >= 15 is 0 Å². The van der Waals surface area contributed by atoms with Crippen LogP contribution in [0.4, 0.5) is 5.69 Å². The molecule has 0 aromatic carbocycles. The molecule has 6 aromatic rings. The number of amides is 1. The Bertz CT molecular complexity index is 1950. The number of ketones is 1. The van der Waals surface area contributed by atoms with Gasteiger partial charge in [0.2, 0.25) is 5.91 Å². The maximum absolute atomic E-state index is 12.7. The molecular formula is C32H29N7O2S. The van der Waals surface area contributed by atoms with E-state index < -0.39 is 0 Å². The number of rotatable bonds is 7. The average molecular weight is 576 g/mol. The van der Waals surface area contributed by atoms with Gasteiger partial charge in [-0.1, -0.05) is 19.3 Å². The molecule has 3 N–H and O–H groups in total. The Morgan fingerprint density at radius 1 is 1.05 bits per heavy atom. The highest BCUT2D eigenvalue weighted by atomic mass is 32.1. The molecular weight excluding hydrogens is 546 g/mol. The molecule has 7 rings (SSSR count). The number of carbonyl (C=O) groups excluding carboxylic acids is 2. The highest BCUT2D eigenvalue weighted by Gasteiger charge is 2.19. The number of hydrogen-bond donors (Lipinski definition) is 3. The van der Waals surface area contributed by atoms with Crippen molar-refractivity contribution >= 4 is 50.8 Å². The number of H-pyrrole nitrogens is 2. The molecule has 1 saturated carbocycles. The third-order valence-corrected chi connectivity index (χ3v) is 9.15. The summed E-state index contributed by atoms with van der Waals surface area (Å²) in [5.41, 5.74) is 6.90. The minimum Gasteiger partial charge on any atom is -0.338 e. The normalized spacial score (nSPS) is 14.0. The van der Waals surface area contributed by atoms with Crippen molar-refractivity contribution in [3.63, 3.8) is 0 Å². The number of pyridine rings is 3. The van der Waals surface area contributed by atoms with Crippen LogP contribution in [0.25, 0.3) is 55.2 Å². The summed E-state index contributed by atoms with van der Waals surface area (Å²) < 4.78 is 0. The predicted molar refractivity (Wildman–Crippen MR) is 165 cm³/mol. The van der Waals surface area contributed by atoms with Crippen LogP contribution in [0.3, 0.4) is 0 Å². The standard InChI is InChI=1S/C32H29N7O2S/c1-18(40)27-9-10-28(42-27)22-11-12-34-32-23(22)15-26(37-32)31-30-25(38-39-31)8-7-24(36-30)20-14-21(17-33-16-20)35-29(41)13-19-5-3-2-4-6-19/h7-12,14-17,19H,2-6,13H2,1H3,(H,34,37)(H,35,41)(H,38,39). The highest BCUT2D eigenvalue weighted by Crippen LogP contribution is 2.36. The van der Waals surface area contributed by atoms with Gasteiger partial charge in [0.05, 0.1) is 33.7 Å². The van der Waals surface area contributed by atoms with E-state index in [0.717, 1.165) is 61.7 Å². The van der Waals surface area contributed by atoms with Gasteiger partial charge in [0.15, 0.2) is 5.78 Å². The predicted octanol–water partition coefficient (Wildman–Crippen LogP) is 7.40. The fourth-order valence-electron chi connectivity index (χ4n) is 5.80. The molecule has 1 aliphatic rings. The van der Waals surface area contributed by atoms with Crippen LogP contribution in [0.1, 0.15) is 55.1 Å². The molecule has 210 valence electrons. The van der Waals surface area contributed by atoms with Gasteiger partial charge in [-0.3, -0.25) is 19.7 Å². The second-order valence-corrected chi connectivity index (χ2v) is 12.0. The van der Waals surface area contributed by atoms with Crippen LogP contribution >= 0.6 is 11.3 Å². The van der Waals surface area contributed by atoms with Gasteiger partial charge in [-0.15, -0.1) is 11.3 Å². The Hall–Kier alpha value is -4.70. The van der Waals surface area contributed by atoms with Crippen LogP contribution in [-0.4, -0.2) is 41.8 Å². The van der Waals surface area contributed by atoms with E-state index in [4.69, 9.17) is 4.98 Å². The molecule has 0 atom stereocenters. The molecule has 0 saturated heterocycles. The van der Waals surface area contributed by atoms with Gasteiger partial charge < -0.3 is 10.3 Å². The molecule has 9 nitrogen and oxygen atoms in total. The molecule has 0 radical (unpaired) electrons. The number of aromatic nitrogens is 6. The van der Waals surface area contributed by atoms with E-state index in [9.17, 15) is 9.59 Å². The zero-order valence-corrected chi connectivity index (χ0v) is 23.9. The van der Waals surface area contributed by atoms with Gasteiger partial charge in [0.1, 0.15) is 16.9 Å². The van der Waals surface area contributed by atoms with E-state index in [1.165, 1.54) is 30.6 Å². The molecule has 1 fully saturated rings. The Balaban J connectivity index is 1.19. The summed E-state index contributed by atoms with van der Waals surface area (Å²) in [5, 5.41) is 11.6. The zero-order valence-electron chi connectivity index (χ0n) is 23.1. The van der Waals surface area contributed by atoms with Gasteiger partial charge in [-0.25, -0.2) is 9.97 Å². The van der Waals surface area contributed by atoms with Crippen LogP contribution in [0.5, 0.6) is 0 Å². The summed E-state index contributed by atoms with van der Waals surface area (Å²) in [6.07, 6.45) is 11.7. The molecule has 0 unspecified atom stereocenters. The Morgan fingerprint density at radius 2 is 1.93 bits per heavy atom. The van der Waals surface area contributed by atoms with Crippen molar-refractivity contribution in [1.82, 2.24) is 30.1 Å². The molecule has 10 heteroatoms. The van der Waals surface area contributed by atoms with Gasteiger partial charge in [-0.05, 0) is 68.1 Å². The van der Waals surface area contributed by atoms with Crippen molar-refractivity contribution < 1.29 is 9.59 Å². The third kappa shape index (κ3) is 5.09. The van der Waals surface area contributed by atoms with Crippen molar-refractivity contribution in [3.05, 3.63) is 65.9 Å². The number of aromatic amines is 2. The monoisotopic (exact) mass is 575 g/mol. The van der Waals surface area contributed by atoms with Crippen molar-refractivity contribution in [3.8, 4) is 33.1 Å². The molecule has 0 aliphatic heterocycles. The van der Waals surface area contributed by atoms with Gasteiger partial charge in [-0.2, -0.15) is 5.10 Å². The van der Waals surface area contributed by atoms with Gasteiger partial charge in [0, 0.05) is 40.2 Å². The number of nitrogens with zero attached hydrogens (tertiary/aromatic N) is 4. The number of carbonyl (C=O) groups is 2. The van der Waals surface area contributed by atoms with E-state index in [1.807, 2.05) is 42.5 Å². The SMILES string of the molecule is CC(=O)c1ccc(-c2ccnc3[nH]c(-c4n[nH]c5ccc(-c6cncc(NC(=O)CC7CCCCC7)c6)nc45)cc23)s1. The average Bonchev–Trinajstić information content (AvgIpc) is 3.75. The molecule has 6 heterocycles. The molecule has 0 spiro atoms. The lowest BCUT2D eigenvalue weighted by Gasteiger charge is -2.20. The van der Waals surface area contributed by atoms with Crippen LogP contribution < -0.4 is 5.32 Å². The number of anilines is 1. The van der Waals surface area contributed by atoms with Crippen LogP contribution in [0.15, 0.2) is 61.1 Å². The first-order valence-electron chi connectivity index (χ1n) is 14.2. The summed E-state index contributed by atoms with van der Waals surface area (Å²) in [6.45, 7) is 1.58. The quantitative estimate of drug-likeness (QED) is 0.170. The fraction of sp³-hybridized carbons (Fsp3) is 0.250. The van der Waals surface area contributed by atoms with Crippen LogP contribution in [0.2, 0.25) is 0 Å². The van der Waals surface area contributed by atoms with E-state index in [-0.39, 0.29) is 11.7 Å². The van der Waals surface area contributed by atoms with Crippen molar-refractivity contribution in [2.45, 2.75) is 45.4 Å². The summed E-state index contributed by atoms with van der Waals surface area (Å²) >= 11 is 1.47. The van der Waals surface area contributed by atoms with Crippen LogP contribution in [-0.2, 0) is 4.79 Å². The lowest BCUT2D eigenvalue weighted by Crippen LogP contribution is -2.18. The van der Waals surface area contributed by atoms with E-state index in [1.54, 1.807) is 25.5 Å². The zero-order chi connectivity index (χ0) is 28.6. The maximum Gasteiger partial charge on any atom is 0.224 e. The first kappa shape index (κ1) is 26.2. The summed E-state index contributed by atoms with van der Waals surface area (Å²) in [6, 6.07) is 13.6. The minimum absolute atomic E-state index is 0.0354. The molecule has 42 heavy (non-hydrogen) atoms. The Kier molecular flexibility index (Phi) is 6.83. The number of Topliss-reactive ketones (excluding diaryl/α,β-unsaturated/α-hetero) is 1. The van der Waals surface area contributed by atoms with Gasteiger partial charge in [0.25, 0.3) is 0 Å². The minimum atomic E-state index is 0.0354. The van der Waals surface area contributed by atoms with E-state index in [2.05, 4.69) is 30.5 Å². The maximum atomic E-state index is 12.7. The third-order valence-electron chi connectivity index (χ3n) is 7.93. The smallest absolute Gasteiger partial charge is 0.224 e. The lowest BCUT2D eigenvalue weighted by atomic mass is 9.87. The number of thiophene rings is 1. The highest BCUT2D eigenvalue weighted by molar-refractivity contribution is 7.17. The Labute approximate surface area is 245 Å². The van der Waals surface area contributed by atoms with E-state index in [0.29, 0.717) is 29.2 Å². The lowest BCUT2D eigenvalue weighted by molar-refractivity contribution is -0.117. The molecule has 6 aromatic heterocycles. The fourth-order valence-corrected chi connectivity index (χ4v) is 6.74. The first-order valence-corrected chi connectivity index (χ1v) is 15.0. The van der Waals surface area contributed by atoms with Crippen LogP contribution in [0, 0.1) is 5.92 Å². The van der Waals surface area contributed by atoms with Gasteiger partial charge >= 0.3 is 0 Å². The number of hydrogen-bond acceptors (Lipinski definition) is 7. The summed E-state index contributed by atoms with van der Waals surface area (Å²) in [7, 11) is 0. The first-order chi connectivity index (χ1) is 20.5.